The monoisotopic (exact) mass is 437 g/mol. The Hall–Kier alpha value is -4.77. The normalized spacial score (nSPS) is 11.9. The fourth-order valence-corrected chi connectivity index (χ4v) is 4.03. The summed E-state index contributed by atoms with van der Waals surface area (Å²) in [6.45, 7) is 0. The second kappa shape index (κ2) is 8.64. The van der Waals surface area contributed by atoms with Gasteiger partial charge >= 0.3 is 0 Å². The molecule has 0 saturated carbocycles. The van der Waals surface area contributed by atoms with E-state index in [4.69, 9.17) is 0 Å². The summed E-state index contributed by atoms with van der Waals surface area (Å²) < 4.78 is 0. The highest BCUT2D eigenvalue weighted by Gasteiger charge is 2.11. The summed E-state index contributed by atoms with van der Waals surface area (Å²) >= 11 is 0. The average Bonchev–Trinajstić information content (AvgIpc) is 3.50. The summed E-state index contributed by atoms with van der Waals surface area (Å²) in [5.74, 6) is 0. The second-order valence-corrected chi connectivity index (χ2v) is 7.91. The van der Waals surface area contributed by atoms with Crippen LogP contribution in [0.3, 0.4) is 0 Å². The lowest BCUT2D eigenvalue weighted by Gasteiger charge is -1.96. The van der Waals surface area contributed by atoms with E-state index < -0.39 is 0 Å². The van der Waals surface area contributed by atoms with Crippen LogP contribution < -0.4 is 0 Å². The maximum Gasteiger partial charge on any atom is 0.113 e. The number of hydrogen-bond acceptors (Lipinski definition) is 5. The summed E-state index contributed by atoms with van der Waals surface area (Å²) in [7, 11) is 0. The Morgan fingerprint density at radius 3 is 1.88 bits per heavy atom. The van der Waals surface area contributed by atoms with Crippen LogP contribution in [0.15, 0.2) is 91.4 Å². The SMILES string of the molecule is C(=C\c1ccccc2ccnc1-2)/c1ccc2c(/C=C/c3ccccc4ccnc3-4)nnc-2cn1. The zero-order chi connectivity index (χ0) is 22.7. The largest absolute Gasteiger partial charge is 0.256 e. The minimum Gasteiger partial charge on any atom is -0.256 e. The van der Waals surface area contributed by atoms with Crippen molar-refractivity contribution in [3.63, 3.8) is 0 Å². The average molecular weight is 438 g/mol. The van der Waals surface area contributed by atoms with Crippen LogP contribution in [-0.4, -0.2) is 25.1 Å². The Bertz CT molecular complexity index is 1570. The summed E-state index contributed by atoms with van der Waals surface area (Å²) in [5, 5.41) is 8.68. The fourth-order valence-electron chi connectivity index (χ4n) is 4.03. The molecule has 0 aromatic heterocycles. The van der Waals surface area contributed by atoms with Crippen LogP contribution in [-0.2, 0) is 0 Å². The summed E-state index contributed by atoms with van der Waals surface area (Å²) in [6.07, 6.45) is 13.5. The smallest absolute Gasteiger partial charge is 0.113 e. The molecule has 0 atom stereocenters. The Labute approximate surface area is 197 Å². The fraction of sp³-hybridized carbons (Fsp3) is 0. The molecule has 4 heterocycles. The van der Waals surface area contributed by atoms with E-state index in [-0.39, 0.29) is 0 Å². The third-order valence-electron chi connectivity index (χ3n) is 5.76. The van der Waals surface area contributed by atoms with Crippen LogP contribution in [0.5, 0.6) is 0 Å². The van der Waals surface area contributed by atoms with Crippen molar-refractivity contribution < 1.29 is 0 Å². The molecule has 0 spiro atoms. The van der Waals surface area contributed by atoms with Gasteiger partial charge in [0.1, 0.15) is 5.69 Å². The van der Waals surface area contributed by atoms with Crippen molar-refractivity contribution in [1.29, 1.82) is 0 Å². The van der Waals surface area contributed by atoms with Gasteiger partial charge in [0.05, 0.1) is 29.0 Å². The standard InChI is InChI=1S/C29H19N5/c1-3-7-22-15-17-30-28(22)20(5-1)9-11-24-12-13-25-26(33-34-27(25)19-32-24)14-10-21-6-2-4-8-23-16-18-31-29(21)23/h1-19H/b11-9+,14-10+. The van der Waals surface area contributed by atoms with Gasteiger partial charge in [0.15, 0.2) is 0 Å². The highest BCUT2D eigenvalue weighted by atomic mass is 15.1. The van der Waals surface area contributed by atoms with Crippen LogP contribution >= 0.6 is 0 Å². The molecule has 0 amide bonds. The van der Waals surface area contributed by atoms with Crippen LogP contribution in [0.4, 0.5) is 0 Å². The van der Waals surface area contributed by atoms with Gasteiger partial charge in [-0.1, -0.05) is 60.7 Å². The van der Waals surface area contributed by atoms with Gasteiger partial charge in [-0.25, -0.2) is 0 Å². The molecule has 0 aromatic rings. The van der Waals surface area contributed by atoms with Crippen molar-refractivity contribution in [2.75, 3.05) is 0 Å². The maximum atomic E-state index is 4.60. The quantitative estimate of drug-likeness (QED) is 0.323. The molecule has 0 fully saturated rings. The van der Waals surface area contributed by atoms with E-state index in [2.05, 4.69) is 49.4 Å². The van der Waals surface area contributed by atoms with E-state index in [1.165, 1.54) is 0 Å². The van der Waals surface area contributed by atoms with Crippen LogP contribution in [0, 0.1) is 0 Å². The van der Waals surface area contributed by atoms with Crippen molar-refractivity contribution in [2.24, 2.45) is 0 Å². The van der Waals surface area contributed by atoms with E-state index in [9.17, 15) is 0 Å². The minimum atomic E-state index is 0.751. The van der Waals surface area contributed by atoms with E-state index in [0.717, 1.165) is 56.3 Å². The second-order valence-electron chi connectivity index (χ2n) is 7.91. The van der Waals surface area contributed by atoms with Gasteiger partial charge in [-0.05, 0) is 36.4 Å². The van der Waals surface area contributed by atoms with E-state index in [0.29, 0.717) is 0 Å². The summed E-state index contributed by atoms with van der Waals surface area (Å²) in [5.41, 5.74) is 9.56. The molecule has 6 rings (SSSR count). The van der Waals surface area contributed by atoms with Gasteiger partial charge < -0.3 is 0 Å². The molecule has 4 aliphatic heterocycles. The molecule has 0 unspecified atom stereocenters. The molecule has 5 nitrogen and oxygen atoms in total. The van der Waals surface area contributed by atoms with Gasteiger partial charge in [0, 0.05) is 40.2 Å². The summed E-state index contributed by atoms with van der Waals surface area (Å²) in [6, 6.07) is 24.4. The topological polar surface area (TPSA) is 64.5 Å². The van der Waals surface area contributed by atoms with Gasteiger partial charge in [0.25, 0.3) is 0 Å². The molecule has 34 heavy (non-hydrogen) atoms. The molecular formula is C29H19N5. The molecule has 0 N–H and O–H groups in total. The van der Waals surface area contributed by atoms with E-state index in [1.54, 1.807) is 6.20 Å². The first-order valence-corrected chi connectivity index (χ1v) is 11.0. The molecular weight excluding hydrogens is 418 g/mol. The number of nitrogens with zero attached hydrogens (tertiary/aromatic N) is 5. The van der Waals surface area contributed by atoms with Gasteiger partial charge in [-0.3, -0.25) is 15.0 Å². The highest BCUT2D eigenvalue weighted by Crippen LogP contribution is 2.28. The van der Waals surface area contributed by atoms with E-state index >= 15 is 0 Å². The van der Waals surface area contributed by atoms with Crippen LogP contribution in [0.25, 0.3) is 58.1 Å². The van der Waals surface area contributed by atoms with E-state index in [1.807, 2.05) is 85.2 Å². The number of hydrogen-bond donors (Lipinski definition) is 0. The van der Waals surface area contributed by atoms with Gasteiger partial charge in [0.2, 0.25) is 0 Å². The first-order valence-electron chi connectivity index (χ1n) is 11.0. The molecule has 0 radical (unpaired) electrons. The first-order chi connectivity index (χ1) is 16.8. The Morgan fingerprint density at radius 1 is 0.529 bits per heavy atom. The van der Waals surface area contributed by atoms with Crippen LogP contribution in [0.1, 0.15) is 22.5 Å². The molecule has 6 aliphatic rings. The summed E-state index contributed by atoms with van der Waals surface area (Å²) in [4.78, 5) is 13.6. The van der Waals surface area contributed by atoms with Gasteiger partial charge in [-0.15, -0.1) is 10.2 Å². The molecule has 0 saturated heterocycles. The first kappa shape index (κ1) is 19.9. The predicted molar refractivity (Wildman–Crippen MR) is 136 cm³/mol. The molecule has 0 aromatic carbocycles. The Morgan fingerprint density at radius 2 is 1.18 bits per heavy atom. The Kier molecular flexibility index (Phi) is 5.05. The molecule has 0 bridgehead atoms. The zero-order valence-electron chi connectivity index (χ0n) is 18.2. The minimum absolute atomic E-state index is 0.751. The third kappa shape index (κ3) is 3.80. The predicted octanol–water partition coefficient (Wildman–Crippen LogP) is 6.32. The zero-order valence-corrected chi connectivity index (χ0v) is 18.2. The lowest BCUT2D eigenvalue weighted by atomic mass is 10.1. The Balaban J connectivity index is 1.31. The van der Waals surface area contributed by atoms with Crippen molar-refractivity contribution in [3.8, 4) is 33.8 Å². The third-order valence-corrected chi connectivity index (χ3v) is 5.76. The van der Waals surface area contributed by atoms with Crippen molar-refractivity contribution in [3.05, 3.63) is 114 Å². The van der Waals surface area contributed by atoms with Crippen molar-refractivity contribution in [1.82, 2.24) is 25.1 Å². The van der Waals surface area contributed by atoms with Gasteiger partial charge in [-0.2, -0.15) is 0 Å². The molecule has 2 aliphatic carbocycles. The highest BCUT2D eigenvalue weighted by molar-refractivity contribution is 5.83. The number of rotatable bonds is 4. The number of fused-ring (bicyclic) bond motifs is 3. The lowest BCUT2D eigenvalue weighted by Crippen LogP contribution is -1.79. The number of aromatic nitrogens is 5. The molecule has 160 valence electrons. The van der Waals surface area contributed by atoms with Crippen molar-refractivity contribution >= 4 is 24.3 Å². The lowest BCUT2D eigenvalue weighted by molar-refractivity contribution is 1.08. The van der Waals surface area contributed by atoms with Crippen LogP contribution in [0.2, 0.25) is 0 Å². The maximum absolute atomic E-state index is 4.60. The van der Waals surface area contributed by atoms with Crippen molar-refractivity contribution in [2.45, 2.75) is 0 Å². The molecule has 5 heteroatoms.